The average molecular weight is 278 g/mol. The number of aliphatic hydroxyl groups excluding tert-OH is 1. The summed E-state index contributed by atoms with van der Waals surface area (Å²) in [5, 5.41) is 17.8. The van der Waals surface area contributed by atoms with Crippen LogP contribution in [0, 0.1) is 11.3 Å². The number of nitrogens with zero attached hydrogens (tertiary/aromatic N) is 1. The fraction of sp³-hybridized carbons (Fsp3) is 0.0833. The van der Waals surface area contributed by atoms with E-state index >= 15 is 0 Å². The van der Waals surface area contributed by atoms with Crippen LogP contribution < -0.4 is 0 Å². The van der Waals surface area contributed by atoms with Gasteiger partial charge in [0.2, 0.25) is 0 Å². The Hall–Kier alpha value is -1.57. The summed E-state index contributed by atoms with van der Waals surface area (Å²) in [7, 11) is 0. The van der Waals surface area contributed by atoms with E-state index in [9.17, 15) is 5.11 Å². The first kappa shape index (κ1) is 10.9. The van der Waals surface area contributed by atoms with Crippen LogP contribution in [-0.2, 0) is 0 Å². The molecular formula is C12H8BrNO2. The highest BCUT2D eigenvalue weighted by Crippen LogP contribution is 2.26. The van der Waals surface area contributed by atoms with Gasteiger partial charge in [-0.05, 0) is 24.3 Å². The highest BCUT2D eigenvalue weighted by Gasteiger charge is 2.11. The average Bonchev–Trinajstić information content (AvgIpc) is 2.78. The van der Waals surface area contributed by atoms with Crippen molar-refractivity contribution in [3.05, 3.63) is 46.6 Å². The number of furan rings is 1. The van der Waals surface area contributed by atoms with Gasteiger partial charge in [0.25, 0.3) is 0 Å². The van der Waals surface area contributed by atoms with Crippen molar-refractivity contribution in [2.24, 2.45) is 0 Å². The molecule has 0 bridgehead atoms. The Kier molecular flexibility index (Phi) is 3.09. The molecule has 0 spiro atoms. The predicted molar refractivity (Wildman–Crippen MR) is 62.4 cm³/mol. The highest BCUT2D eigenvalue weighted by atomic mass is 79.9. The van der Waals surface area contributed by atoms with Crippen LogP contribution in [0.15, 0.2) is 45.3 Å². The lowest BCUT2D eigenvalue weighted by atomic mass is 10.2. The van der Waals surface area contributed by atoms with Gasteiger partial charge in [-0.1, -0.05) is 28.1 Å². The summed E-state index contributed by atoms with van der Waals surface area (Å²) in [5.74, 6) is 0.900. The Morgan fingerprint density at radius 2 is 1.88 bits per heavy atom. The molecule has 1 unspecified atom stereocenters. The van der Waals surface area contributed by atoms with Crippen molar-refractivity contribution in [3.8, 4) is 17.4 Å². The lowest BCUT2D eigenvalue weighted by molar-refractivity contribution is 0.205. The molecule has 1 aromatic heterocycles. The van der Waals surface area contributed by atoms with Crippen LogP contribution in [0.4, 0.5) is 0 Å². The molecule has 16 heavy (non-hydrogen) atoms. The van der Waals surface area contributed by atoms with Gasteiger partial charge < -0.3 is 9.52 Å². The number of hydrogen-bond acceptors (Lipinski definition) is 3. The van der Waals surface area contributed by atoms with Crippen LogP contribution in [0.1, 0.15) is 11.9 Å². The molecule has 0 aliphatic heterocycles. The highest BCUT2D eigenvalue weighted by molar-refractivity contribution is 9.10. The van der Waals surface area contributed by atoms with Gasteiger partial charge in [-0.25, -0.2) is 0 Å². The second kappa shape index (κ2) is 4.52. The maximum atomic E-state index is 9.27. The topological polar surface area (TPSA) is 57.2 Å². The molecule has 0 radical (unpaired) electrons. The Morgan fingerprint density at radius 3 is 2.50 bits per heavy atom. The number of halogens is 1. The largest absolute Gasteiger partial charge is 0.457 e. The third-order valence-electron chi connectivity index (χ3n) is 2.15. The van der Waals surface area contributed by atoms with Crippen molar-refractivity contribution in [2.75, 3.05) is 0 Å². The standard InChI is InChI=1S/C12H8BrNO2/c13-9-3-1-8(2-4-9)11-5-6-12(16-11)10(15)7-14/h1-6,10,15H. The van der Waals surface area contributed by atoms with E-state index in [2.05, 4.69) is 15.9 Å². The SMILES string of the molecule is N#CC(O)c1ccc(-c2ccc(Br)cc2)o1. The minimum absolute atomic E-state index is 0.264. The van der Waals surface area contributed by atoms with E-state index in [1.165, 1.54) is 0 Å². The smallest absolute Gasteiger partial charge is 0.198 e. The zero-order chi connectivity index (χ0) is 11.5. The summed E-state index contributed by atoms with van der Waals surface area (Å²) in [6.07, 6.45) is -1.20. The second-order valence-electron chi connectivity index (χ2n) is 3.24. The zero-order valence-corrected chi connectivity index (χ0v) is 9.81. The van der Waals surface area contributed by atoms with Crippen molar-refractivity contribution in [1.82, 2.24) is 0 Å². The van der Waals surface area contributed by atoms with Crippen molar-refractivity contribution in [3.63, 3.8) is 0 Å². The van der Waals surface area contributed by atoms with E-state index in [0.717, 1.165) is 10.0 Å². The van der Waals surface area contributed by atoms with Gasteiger partial charge in [0.1, 0.15) is 17.6 Å². The molecule has 0 aliphatic rings. The summed E-state index contributed by atoms with van der Waals surface area (Å²) >= 11 is 3.34. The molecule has 1 atom stereocenters. The maximum Gasteiger partial charge on any atom is 0.198 e. The van der Waals surface area contributed by atoms with Gasteiger partial charge in [-0.15, -0.1) is 0 Å². The Morgan fingerprint density at radius 1 is 1.19 bits per heavy atom. The molecule has 4 heteroatoms. The lowest BCUT2D eigenvalue weighted by Gasteiger charge is -1.98. The summed E-state index contributed by atoms with van der Waals surface area (Å²) < 4.78 is 6.36. The van der Waals surface area contributed by atoms with Crippen molar-refractivity contribution in [1.29, 1.82) is 5.26 Å². The fourth-order valence-electron chi connectivity index (χ4n) is 1.33. The van der Waals surface area contributed by atoms with Crippen molar-refractivity contribution >= 4 is 15.9 Å². The summed E-state index contributed by atoms with van der Waals surface area (Å²) in [6, 6.07) is 12.6. The molecule has 1 aromatic carbocycles. The van der Waals surface area contributed by atoms with Gasteiger partial charge in [-0.2, -0.15) is 5.26 Å². The van der Waals surface area contributed by atoms with E-state index in [4.69, 9.17) is 9.68 Å². The molecule has 1 N–H and O–H groups in total. The Balaban J connectivity index is 2.32. The molecule has 1 heterocycles. The summed E-state index contributed by atoms with van der Waals surface area (Å²) in [5.41, 5.74) is 0.902. The van der Waals surface area contributed by atoms with E-state index in [0.29, 0.717) is 5.76 Å². The first-order valence-corrected chi connectivity index (χ1v) is 5.43. The molecule has 0 saturated heterocycles. The molecule has 2 rings (SSSR count). The number of rotatable bonds is 2. The van der Waals surface area contributed by atoms with Crippen LogP contribution in [0.2, 0.25) is 0 Å². The number of hydrogen-bond donors (Lipinski definition) is 1. The van der Waals surface area contributed by atoms with Crippen LogP contribution >= 0.6 is 15.9 Å². The van der Waals surface area contributed by atoms with Gasteiger partial charge in [-0.3, -0.25) is 0 Å². The molecule has 0 saturated carbocycles. The van der Waals surface area contributed by atoms with Gasteiger partial charge in [0.05, 0.1) is 0 Å². The summed E-state index contributed by atoms with van der Waals surface area (Å²) in [4.78, 5) is 0. The van der Waals surface area contributed by atoms with E-state index < -0.39 is 6.10 Å². The first-order valence-electron chi connectivity index (χ1n) is 4.64. The number of nitriles is 1. The Labute approximate surface area is 101 Å². The van der Waals surface area contributed by atoms with Crippen molar-refractivity contribution in [2.45, 2.75) is 6.10 Å². The van der Waals surface area contributed by atoms with Gasteiger partial charge in [0, 0.05) is 10.0 Å². The predicted octanol–water partition coefficient (Wildman–Crippen LogP) is 3.27. The van der Waals surface area contributed by atoms with Gasteiger partial charge in [0.15, 0.2) is 6.10 Å². The molecule has 2 aromatic rings. The normalized spacial score (nSPS) is 12.1. The van der Waals surface area contributed by atoms with E-state index in [-0.39, 0.29) is 5.76 Å². The van der Waals surface area contributed by atoms with Crippen LogP contribution in [-0.4, -0.2) is 5.11 Å². The molecule has 0 amide bonds. The van der Waals surface area contributed by atoms with Crippen LogP contribution in [0.3, 0.4) is 0 Å². The van der Waals surface area contributed by atoms with E-state index in [1.54, 1.807) is 18.2 Å². The van der Waals surface area contributed by atoms with Crippen molar-refractivity contribution < 1.29 is 9.52 Å². The third kappa shape index (κ3) is 2.16. The molecular weight excluding hydrogens is 270 g/mol. The minimum atomic E-state index is -1.20. The lowest BCUT2D eigenvalue weighted by Crippen LogP contribution is -1.88. The van der Waals surface area contributed by atoms with Gasteiger partial charge >= 0.3 is 0 Å². The third-order valence-corrected chi connectivity index (χ3v) is 2.68. The minimum Gasteiger partial charge on any atom is -0.457 e. The fourth-order valence-corrected chi connectivity index (χ4v) is 1.60. The van der Waals surface area contributed by atoms with Crippen LogP contribution in [0.5, 0.6) is 0 Å². The molecule has 0 fully saturated rings. The second-order valence-corrected chi connectivity index (χ2v) is 4.16. The van der Waals surface area contributed by atoms with Crippen LogP contribution in [0.25, 0.3) is 11.3 Å². The zero-order valence-electron chi connectivity index (χ0n) is 8.22. The monoisotopic (exact) mass is 277 g/mol. The first-order chi connectivity index (χ1) is 7.70. The molecule has 0 aliphatic carbocycles. The number of benzene rings is 1. The maximum absolute atomic E-state index is 9.27. The molecule has 80 valence electrons. The van der Waals surface area contributed by atoms with E-state index in [1.807, 2.05) is 24.3 Å². The summed E-state index contributed by atoms with van der Waals surface area (Å²) in [6.45, 7) is 0. The molecule has 3 nitrogen and oxygen atoms in total. The quantitative estimate of drug-likeness (QED) is 0.858. The Bertz CT molecular complexity index is 525. The number of aliphatic hydroxyl groups is 1.